The van der Waals surface area contributed by atoms with Gasteiger partial charge in [-0.3, -0.25) is 0 Å². The Hall–Kier alpha value is -2.07. The Morgan fingerprint density at radius 3 is 2.70 bits per heavy atom. The van der Waals surface area contributed by atoms with E-state index < -0.39 is 0 Å². The molecule has 3 rings (SSSR count). The lowest BCUT2D eigenvalue weighted by molar-refractivity contribution is 0.506. The normalized spacial score (nSPS) is 19.1. The second kappa shape index (κ2) is 5.51. The molecule has 0 radical (unpaired) electrons. The van der Waals surface area contributed by atoms with Gasteiger partial charge in [-0.1, -0.05) is 30.3 Å². The minimum atomic E-state index is 0.238. The van der Waals surface area contributed by atoms with Gasteiger partial charge in [-0.05, 0) is 24.5 Å². The number of rotatable bonds is 2. The van der Waals surface area contributed by atoms with Crippen molar-refractivity contribution in [3.8, 4) is 11.1 Å². The summed E-state index contributed by atoms with van der Waals surface area (Å²) in [6.07, 6.45) is 3.99. The monoisotopic (exact) mass is 268 g/mol. The molecule has 20 heavy (non-hydrogen) atoms. The Morgan fingerprint density at radius 1 is 1.15 bits per heavy atom. The number of piperidine rings is 1. The highest BCUT2D eigenvalue weighted by molar-refractivity contribution is 5.86. The number of hydrogen-bond donors (Lipinski definition) is 2. The number of anilines is 2. The lowest BCUT2D eigenvalue weighted by atomic mass is 10.0. The number of benzene rings is 1. The van der Waals surface area contributed by atoms with Crippen LogP contribution in [0.3, 0.4) is 0 Å². The summed E-state index contributed by atoms with van der Waals surface area (Å²) in [5.41, 5.74) is 15.5. The van der Waals surface area contributed by atoms with Gasteiger partial charge in [0.15, 0.2) is 0 Å². The molecule has 4 nitrogen and oxygen atoms in total. The first kappa shape index (κ1) is 12.9. The highest BCUT2D eigenvalue weighted by atomic mass is 15.2. The lowest BCUT2D eigenvalue weighted by Gasteiger charge is -2.34. The fourth-order valence-electron chi connectivity index (χ4n) is 2.86. The molecule has 1 aliphatic heterocycles. The molecule has 1 fully saturated rings. The van der Waals surface area contributed by atoms with Gasteiger partial charge in [0.25, 0.3) is 0 Å². The first-order chi connectivity index (χ1) is 9.75. The van der Waals surface area contributed by atoms with Gasteiger partial charge in [0.1, 0.15) is 5.82 Å². The maximum atomic E-state index is 6.13. The predicted octanol–water partition coefficient (Wildman–Crippen LogP) is 2.26. The average Bonchev–Trinajstić information content (AvgIpc) is 2.48. The van der Waals surface area contributed by atoms with Crippen LogP contribution in [-0.4, -0.2) is 24.1 Å². The number of pyridine rings is 1. The van der Waals surface area contributed by atoms with E-state index in [2.05, 4.69) is 22.0 Å². The van der Waals surface area contributed by atoms with Gasteiger partial charge in [0.05, 0.1) is 0 Å². The quantitative estimate of drug-likeness (QED) is 0.876. The van der Waals surface area contributed by atoms with Crippen LogP contribution in [0.5, 0.6) is 0 Å². The van der Waals surface area contributed by atoms with Crippen LogP contribution in [-0.2, 0) is 0 Å². The zero-order valence-corrected chi connectivity index (χ0v) is 11.5. The van der Waals surface area contributed by atoms with Gasteiger partial charge in [-0.25, -0.2) is 4.98 Å². The van der Waals surface area contributed by atoms with E-state index in [1.807, 2.05) is 24.3 Å². The van der Waals surface area contributed by atoms with Crippen molar-refractivity contribution in [2.24, 2.45) is 5.73 Å². The summed E-state index contributed by atoms with van der Waals surface area (Å²) in [6.45, 7) is 1.90. The maximum Gasteiger partial charge on any atom is 0.133 e. The molecule has 0 saturated carbocycles. The Labute approximate surface area is 119 Å². The van der Waals surface area contributed by atoms with Gasteiger partial charge in [-0.2, -0.15) is 0 Å². The Bertz CT molecular complexity index is 582. The van der Waals surface area contributed by atoms with Crippen LogP contribution in [0.4, 0.5) is 11.5 Å². The molecule has 0 unspecified atom stereocenters. The van der Waals surface area contributed by atoms with E-state index in [-0.39, 0.29) is 6.04 Å². The molecule has 0 aliphatic carbocycles. The zero-order valence-electron chi connectivity index (χ0n) is 11.5. The van der Waals surface area contributed by atoms with Crippen molar-refractivity contribution in [1.29, 1.82) is 0 Å². The van der Waals surface area contributed by atoms with Crippen LogP contribution in [0.1, 0.15) is 12.8 Å². The van der Waals surface area contributed by atoms with Crippen LogP contribution >= 0.6 is 0 Å². The average molecular weight is 268 g/mol. The van der Waals surface area contributed by atoms with Gasteiger partial charge < -0.3 is 16.4 Å². The van der Waals surface area contributed by atoms with Gasteiger partial charge in [0.2, 0.25) is 0 Å². The fourth-order valence-corrected chi connectivity index (χ4v) is 2.86. The molecule has 2 aromatic rings. The summed E-state index contributed by atoms with van der Waals surface area (Å²) in [5.74, 6) is 0.577. The van der Waals surface area contributed by atoms with Crippen LogP contribution in [0, 0.1) is 0 Å². The minimum absolute atomic E-state index is 0.238. The smallest absolute Gasteiger partial charge is 0.133 e. The molecular formula is C16H20N4. The van der Waals surface area contributed by atoms with Gasteiger partial charge in [0, 0.05) is 36.6 Å². The van der Waals surface area contributed by atoms with Crippen molar-refractivity contribution in [1.82, 2.24) is 4.98 Å². The molecule has 1 saturated heterocycles. The third-order valence-electron chi connectivity index (χ3n) is 3.82. The van der Waals surface area contributed by atoms with Crippen molar-refractivity contribution in [2.75, 3.05) is 23.7 Å². The maximum absolute atomic E-state index is 6.13. The molecule has 0 amide bonds. The number of hydrogen-bond acceptors (Lipinski definition) is 4. The second-order valence-corrected chi connectivity index (χ2v) is 5.30. The molecule has 0 spiro atoms. The summed E-state index contributed by atoms with van der Waals surface area (Å²) in [6, 6.07) is 12.5. The highest BCUT2D eigenvalue weighted by Gasteiger charge is 2.21. The second-order valence-electron chi connectivity index (χ2n) is 5.30. The van der Waals surface area contributed by atoms with E-state index in [1.54, 1.807) is 6.20 Å². The number of nitrogens with zero attached hydrogens (tertiary/aromatic N) is 2. The van der Waals surface area contributed by atoms with Gasteiger partial charge in [-0.15, -0.1) is 0 Å². The summed E-state index contributed by atoms with van der Waals surface area (Å²) < 4.78 is 0. The number of nitrogens with two attached hydrogens (primary N) is 2. The summed E-state index contributed by atoms with van der Waals surface area (Å²) >= 11 is 0. The minimum Gasteiger partial charge on any atom is -0.383 e. The molecule has 1 aliphatic rings. The zero-order chi connectivity index (χ0) is 13.9. The Morgan fingerprint density at radius 2 is 1.95 bits per heavy atom. The van der Waals surface area contributed by atoms with E-state index in [0.29, 0.717) is 5.82 Å². The molecule has 1 atom stereocenters. The van der Waals surface area contributed by atoms with E-state index >= 15 is 0 Å². The molecule has 104 valence electrons. The topological polar surface area (TPSA) is 68.2 Å². The SMILES string of the molecule is Nc1nccc(N2CCC[C@@H](N)C2)c1-c1ccccc1. The molecule has 0 bridgehead atoms. The van der Waals surface area contributed by atoms with E-state index in [4.69, 9.17) is 11.5 Å². The highest BCUT2D eigenvalue weighted by Crippen LogP contribution is 2.35. The summed E-state index contributed by atoms with van der Waals surface area (Å²) in [5, 5.41) is 0. The fraction of sp³-hybridized carbons (Fsp3) is 0.312. The summed E-state index contributed by atoms with van der Waals surface area (Å²) in [4.78, 5) is 6.58. The predicted molar refractivity (Wildman–Crippen MR) is 83.5 cm³/mol. The van der Waals surface area contributed by atoms with E-state index in [9.17, 15) is 0 Å². The first-order valence-electron chi connectivity index (χ1n) is 7.06. The summed E-state index contributed by atoms with van der Waals surface area (Å²) in [7, 11) is 0. The molecule has 2 heterocycles. The van der Waals surface area contributed by atoms with Crippen molar-refractivity contribution >= 4 is 11.5 Å². The Balaban J connectivity index is 2.05. The third kappa shape index (κ3) is 2.47. The molecule has 4 N–H and O–H groups in total. The molecule has 4 heteroatoms. The molecule has 1 aromatic heterocycles. The molecular weight excluding hydrogens is 248 g/mol. The van der Waals surface area contributed by atoms with Crippen LogP contribution in [0.15, 0.2) is 42.6 Å². The van der Waals surface area contributed by atoms with Crippen LogP contribution in [0.25, 0.3) is 11.1 Å². The van der Waals surface area contributed by atoms with E-state index in [0.717, 1.165) is 42.7 Å². The van der Waals surface area contributed by atoms with Crippen molar-refractivity contribution < 1.29 is 0 Å². The van der Waals surface area contributed by atoms with Crippen molar-refractivity contribution in [3.05, 3.63) is 42.6 Å². The number of aromatic nitrogens is 1. The largest absolute Gasteiger partial charge is 0.383 e. The van der Waals surface area contributed by atoms with Gasteiger partial charge >= 0.3 is 0 Å². The Kier molecular flexibility index (Phi) is 3.56. The van der Waals surface area contributed by atoms with Crippen LogP contribution < -0.4 is 16.4 Å². The van der Waals surface area contributed by atoms with Crippen molar-refractivity contribution in [3.63, 3.8) is 0 Å². The van der Waals surface area contributed by atoms with Crippen molar-refractivity contribution in [2.45, 2.75) is 18.9 Å². The third-order valence-corrected chi connectivity index (χ3v) is 3.82. The first-order valence-corrected chi connectivity index (χ1v) is 7.06. The van der Waals surface area contributed by atoms with E-state index in [1.165, 1.54) is 0 Å². The van der Waals surface area contributed by atoms with Crippen LogP contribution in [0.2, 0.25) is 0 Å². The molecule has 1 aromatic carbocycles. The standard InChI is InChI=1S/C16H20N4/c17-13-7-4-10-20(11-13)14-8-9-19-16(18)15(14)12-5-2-1-3-6-12/h1-3,5-6,8-9,13H,4,7,10-11,17H2,(H2,18,19)/t13-/m1/s1. The number of nitrogen functional groups attached to an aromatic ring is 1. The lowest BCUT2D eigenvalue weighted by Crippen LogP contribution is -2.43.